The summed E-state index contributed by atoms with van der Waals surface area (Å²) in [6.07, 6.45) is 9.41. The number of aliphatic imine (C=N–C) groups is 2. The van der Waals surface area contributed by atoms with Crippen molar-refractivity contribution in [3.8, 4) is 0 Å². The molecule has 0 amide bonds. The highest BCUT2D eigenvalue weighted by atomic mass is 16.5. The van der Waals surface area contributed by atoms with Gasteiger partial charge < -0.3 is 19.3 Å². The van der Waals surface area contributed by atoms with Gasteiger partial charge in [0, 0.05) is 24.7 Å². The van der Waals surface area contributed by atoms with Gasteiger partial charge in [-0.2, -0.15) is 0 Å². The summed E-state index contributed by atoms with van der Waals surface area (Å²) < 4.78 is 10.6. The fraction of sp³-hybridized carbons (Fsp3) is 0.176. The number of hydrogen-bond donors (Lipinski definition) is 1. The van der Waals surface area contributed by atoms with E-state index in [0.717, 1.165) is 16.9 Å². The second kappa shape index (κ2) is 4.79. The van der Waals surface area contributed by atoms with Crippen LogP contribution in [-0.2, 0) is 11.2 Å². The van der Waals surface area contributed by atoms with Crippen LogP contribution in [-0.4, -0.2) is 35.3 Å². The molecule has 1 aromatic heterocycles. The van der Waals surface area contributed by atoms with Crippen molar-refractivity contribution >= 4 is 35.1 Å². The highest BCUT2D eigenvalue weighted by Gasteiger charge is 2.42. The Morgan fingerprint density at radius 2 is 2.12 bits per heavy atom. The highest BCUT2D eigenvalue weighted by Crippen LogP contribution is 2.45. The minimum absolute atomic E-state index is 0.0864. The summed E-state index contributed by atoms with van der Waals surface area (Å²) in [6.45, 7) is 0.409. The number of aromatic carboxylic acids is 1. The van der Waals surface area contributed by atoms with Crippen LogP contribution in [0.5, 0.6) is 0 Å². The number of ether oxygens (including phenoxy) is 1. The third-order valence-corrected chi connectivity index (χ3v) is 4.63. The topological polar surface area (TPSA) is 101 Å². The number of nitrogens with zero attached hydrogens (tertiary/aromatic N) is 4. The van der Waals surface area contributed by atoms with Crippen molar-refractivity contribution in [3.05, 3.63) is 47.8 Å². The second-order valence-electron chi connectivity index (χ2n) is 6.09. The number of hydrogen-bond acceptors (Lipinski definition) is 7. The summed E-state index contributed by atoms with van der Waals surface area (Å²) >= 11 is 0. The van der Waals surface area contributed by atoms with Gasteiger partial charge in [0.1, 0.15) is 19.2 Å². The SMILES string of the molecule is O=C(O)c1noc2cc3c(cc12)CC1(C=NCN=C1)C1=COC=CN13. The van der Waals surface area contributed by atoms with Gasteiger partial charge in [0.05, 0.1) is 22.2 Å². The van der Waals surface area contributed by atoms with Crippen LogP contribution in [0.25, 0.3) is 11.0 Å². The van der Waals surface area contributed by atoms with Crippen LogP contribution in [0.15, 0.2) is 51.1 Å². The quantitative estimate of drug-likeness (QED) is 0.858. The number of benzene rings is 1. The van der Waals surface area contributed by atoms with Crippen molar-refractivity contribution < 1.29 is 19.2 Å². The molecule has 0 aliphatic carbocycles. The monoisotopic (exact) mass is 336 g/mol. The number of rotatable bonds is 1. The predicted molar refractivity (Wildman–Crippen MR) is 89.7 cm³/mol. The first-order valence-electron chi connectivity index (χ1n) is 7.67. The average Bonchev–Trinajstić information content (AvgIpc) is 3.04. The van der Waals surface area contributed by atoms with E-state index in [4.69, 9.17) is 9.26 Å². The lowest BCUT2D eigenvalue weighted by molar-refractivity contribution is 0.0688. The Bertz CT molecular complexity index is 1020. The number of aromatic nitrogens is 1. The molecule has 5 rings (SSSR count). The number of carboxylic acids is 1. The van der Waals surface area contributed by atoms with Crippen molar-refractivity contribution in [2.24, 2.45) is 15.4 Å². The van der Waals surface area contributed by atoms with Crippen LogP contribution >= 0.6 is 0 Å². The zero-order valence-corrected chi connectivity index (χ0v) is 12.9. The Hall–Kier alpha value is -3.42. The molecule has 3 aliphatic heterocycles. The lowest BCUT2D eigenvalue weighted by Crippen LogP contribution is -2.43. The van der Waals surface area contributed by atoms with E-state index >= 15 is 0 Å². The molecule has 0 saturated heterocycles. The number of allylic oxidation sites excluding steroid dienone is 1. The first-order chi connectivity index (χ1) is 12.2. The number of anilines is 1. The van der Waals surface area contributed by atoms with Crippen LogP contribution in [0.2, 0.25) is 0 Å². The smallest absolute Gasteiger partial charge is 0.358 e. The number of carbonyl (C=O) groups is 1. The molecule has 1 aromatic carbocycles. The molecule has 25 heavy (non-hydrogen) atoms. The number of fused-ring (bicyclic) bond motifs is 5. The first kappa shape index (κ1) is 14.0. The molecule has 0 radical (unpaired) electrons. The lowest BCUT2D eigenvalue weighted by Gasteiger charge is -2.42. The molecule has 3 aliphatic rings. The molecule has 8 nitrogen and oxygen atoms in total. The van der Waals surface area contributed by atoms with Crippen molar-refractivity contribution in [1.29, 1.82) is 0 Å². The number of carboxylic acid groups (broad SMARTS) is 1. The molecule has 1 spiro atoms. The fourth-order valence-electron chi connectivity index (χ4n) is 3.54. The zero-order valence-electron chi connectivity index (χ0n) is 12.9. The molecular formula is C17H12N4O4. The molecule has 0 unspecified atom stereocenters. The van der Waals surface area contributed by atoms with Gasteiger partial charge in [-0.25, -0.2) is 4.79 Å². The maximum atomic E-state index is 11.4. The van der Waals surface area contributed by atoms with Gasteiger partial charge >= 0.3 is 5.97 Å². The molecule has 1 N–H and O–H groups in total. The Balaban J connectivity index is 1.76. The van der Waals surface area contributed by atoms with Crippen molar-refractivity contribution in [3.63, 3.8) is 0 Å². The summed E-state index contributed by atoms with van der Waals surface area (Å²) in [5.41, 5.74) is 2.57. The summed E-state index contributed by atoms with van der Waals surface area (Å²) in [5, 5.41) is 13.4. The van der Waals surface area contributed by atoms with Crippen molar-refractivity contribution in [2.45, 2.75) is 6.42 Å². The highest BCUT2D eigenvalue weighted by molar-refractivity contribution is 6.03. The van der Waals surface area contributed by atoms with E-state index in [1.807, 2.05) is 29.6 Å². The van der Waals surface area contributed by atoms with E-state index in [-0.39, 0.29) is 5.69 Å². The summed E-state index contributed by atoms with van der Waals surface area (Å²) in [4.78, 5) is 22.0. The average molecular weight is 336 g/mol. The summed E-state index contributed by atoms with van der Waals surface area (Å²) in [6, 6.07) is 3.63. The second-order valence-corrected chi connectivity index (χ2v) is 6.09. The molecule has 8 heteroatoms. The fourth-order valence-corrected chi connectivity index (χ4v) is 3.54. The lowest BCUT2D eigenvalue weighted by atomic mass is 9.76. The minimum atomic E-state index is -1.11. The third kappa shape index (κ3) is 1.87. The molecule has 2 aromatic rings. The first-order valence-corrected chi connectivity index (χ1v) is 7.67. The van der Waals surface area contributed by atoms with Gasteiger partial charge in [0.25, 0.3) is 0 Å². The van der Waals surface area contributed by atoms with E-state index < -0.39 is 11.4 Å². The molecule has 0 bridgehead atoms. The standard InChI is InChI=1S/C17H12N4O4/c22-16(23)15-11-3-10-5-17(7-18-9-19-8-17)14-6-24-2-1-21(14)12(10)4-13(11)25-20-15/h1-4,6-8H,5,9H2,(H,22,23). The van der Waals surface area contributed by atoms with Gasteiger partial charge in [0.2, 0.25) is 0 Å². The van der Waals surface area contributed by atoms with E-state index in [1.165, 1.54) is 0 Å². The molecule has 0 atom stereocenters. The molecule has 0 saturated carbocycles. The maximum Gasteiger partial charge on any atom is 0.358 e. The van der Waals surface area contributed by atoms with Crippen LogP contribution in [0.4, 0.5) is 5.69 Å². The van der Waals surface area contributed by atoms with E-state index in [2.05, 4.69) is 15.1 Å². The zero-order chi connectivity index (χ0) is 17.0. The molecule has 4 heterocycles. The molecular weight excluding hydrogens is 324 g/mol. The van der Waals surface area contributed by atoms with E-state index in [1.54, 1.807) is 18.6 Å². The van der Waals surface area contributed by atoms with Crippen LogP contribution < -0.4 is 4.90 Å². The summed E-state index contributed by atoms with van der Waals surface area (Å²) in [5.74, 6) is -1.11. The Morgan fingerprint density at radius 1 is 1.28 bits per heavy atom. The largest absolute Gasteiger partial charge is 0.476 e. The molecule has 124 valence electrons. The van der Waals surface area contributed by atoms with E-state index in [0.29, 0.717) is 24.1 Å². The minimum Gasteiger partial charge on any atom is -0.476 e. The van der Waals surface area contributed by atoms with Crippen LogP contribution in [0.3, 0.4) is 0 Å². The van der Waals surface area contributed by atoms with Gasteiger partial charge in [-0.3, -0.25) is 9.98 Å². The van der Waals surface area contributed by atoms with Crippen LogP contribution in [0.1, 0.15) is 16.1 Å². The Morgan fingerprint density at radius 3 is 2.92 bits per heavy atom. The van der Waals surface area contributed by atoms with Gasteiger partial charge in [-0.1, -0.05) is 5.16 Å². The Labute approximate surface area is 141 Å². The summed E-state index contributed by atoms with van der Waals surface area (Å²) in [7, 11) is 0. The Kier molecular flexibility index (Phi) is 2.68. The van der Waals surface area contributed by atoms with Gasteiger partial charge in [-0.05, 0) is 18.1 Å². The van der Waals surface area contributed by atoms with Gasteiger partial charge in [-0.15, -0.1) is 0 Å². The van der Waals surface area contributed by atoms with Crippen LogP contribution in [0, 0.1) is 5.41 Å². The van der Waals surface area contributed by atoms with Gasteiger partial charge in [0.15, 0.2) is 11.3 Å². The third-order valence-electron chi connectivity index (χ3n) is 4.63. The maximum absolute atomic E-state index is 11.4. The normalized spacial score (nSPS) is 19.5. The molecule has 0 fully saturated rings. The van der Waals surface area contributed by atoms with E-state index in [9.17, 15) is 9.90 Å². The predicted octanol–water partition coefficient (Wildman–Crippen LogP) is 2.33. The van der Waals surface area contributed by atoms with Crippen molar-refractivity contribution in [2.75, 3.05) is 11.6 Å². The van der Waals surface area contributed by atoms with Crippen molar-refractivity contribution in [1.82, 2.24) is 5.16 Å².